The van der Waals surface area contributed by atoms with Gasteiger partial charge in [0.15, 0.2) is 0 Å². The second-order valence-electron chi connectivity index (χ2n) is 5.50. The molecule has 1 aliphatic carbocycles. The molecule has 3 heteroatoms. The molecule has 0 aromatic carbocycles. The lowest BCUT2D eigenvalue weighted by atomic mass is 9.91. The molecule has 88 valence electrons. The van der Waals surface area contributed by atoms with Crippen LogP contribution in [0.25, 0.3) is 0 Å². The molecule has 0 heterocycles. The van der Waals surface area contributed by atoms with Crippen LogP contribution in [0.15, 0.2) is 0 Å². The average Bonchev–Trinajstić information content (AvgIpc) is 2.62. The van der Waals surface area contributed by atoms with Crippen molar-refractivity contribution in [2.75, 3.05) is 13.7 Å². The molecule has 3 nitrogen and oxygen atoms in total. The molecule has 1 fully saturated rings. The Morgan fingerprint density at radius 1 is 1.40 bits per heavy atom. The standard InChI is InChI=1S/C12H23NO2/c1-11(2,10(14)15-4)9-13-12(3)7-5-6-8-12/h13H,5-9H2,1-4H3. The van der Waals surface area contributed by atoms with E-state index in [1.54, 1.807) is 0 Å². The number of carbonyl (C=O) groups is 1. The smallest absolute Gasteiger partial charge is 0.312 e. The van der Waals surface area contributed by atoms with Crippen LogP contribution >= 0.6 is 0 Å². The molecular weight excluding hydrogens is 190 g/mol. The zero-order valence-corrected chi connectivity index (χ0v) is 10.4. The van der Waals surface area contributed by atoms with E-state index in [1.807, 2.05) is 13.8 Å². The van der Waals surface area contributed by atoms with E-state index in [-0.39, 0.29) is 11.5 Å². The Morgan fingerprint density at radius 3 is 2.40 bits per heavy atom. The van der Waals surface area contributed by atoms with Crippen LogP contribution in [0, 0.1) is 5.41 Å². The molecule has 1 saturated carbocycles. The normalized spacial score (nSPS) is 20.3. The summed E-state index contributed by atoms with van der Waals surface area (Å²) in [6, 6.07) is 0. The van der Waals surface area contributed by atoms with Crippen molar-refractivity contribution in [2.45, 2.75) is 52.0 Å². The highest BCUT2D eigenvalue weighted by Gasteiger charge is 2.34. The summed E-state index contributed by atoms with van der Waals surface area (Å²) in [5.41, 5.74) is -0.203. The van der Waals surface area contributed by atoms with Crippen molar-refractivity contribution in [2.24, 2.45) is 5.41 Å². The number of carbonyl (C=O) groups excluding carboxylic acids is 1. The van der Waals surface area contributed by atoms with Gasteiger partial charge in [-0.15, -0.1) is 0 Å². The third kappa shape index (κ3) is 3.20. The quantitative estimate of drug-likeness (QED) is 0.727. The summed E-state index contributed by atoms with van der Waals surface area (Å²) in [5, 5.41) is 3.51. The van der Waals surface area contributed by atoms with Gasteiger partial charge in [-0.05, 0) is 33.6 Å². The lowest BCUT2D eigenvalue weighted by Gasteiger charge is -2.30. The highest BCUT2D eigenvalue weighted by Crippen LogP contribution is 2.30. The van der Waals surface area contributed by atoms with Crippen LogP contribution in [0.4, 0.5) is 0 Å². The Kier molecular flexibility index (Phi) is 3.77. The van der Waals surface area contributed by atoms with Crippen molar-refractivity contribution in [3.8, 4) is 0 Å². The van der Waals surface area contributed by atoms with Gasteiger partial charge in [0.1, 0.15) is 0 Å². The number of esters is 1. The van der Waals surface area contributed by atoms with Crippen molar-refractivity contribution >= 4 is 5.97 Å². The fourth-order valence-corrected chi connectivity index (χ4v) is 2.11. The molecule has 0 aromatic heterocycles. The van der Waals surface area contributed by atoms with E-state index in [0.717, 1.165) is 0 Å². The number of nitrogens with one attached hydrogen (secondary N) is 1. The van der Waals surface area contributed by atoms with Crippen molar-refractivity contribution < 1.29 is 9.53 Å². The largest absolute Gasteiger partial charge is 0.469 e. The van der Waals surface area contributed by atoms with Gasteiger partial charge in [0, 0.05) is 12.1 Å². The first-order chi connectivity index (χ1) is 6.90. The van der Waals surface area contributed by atoms with E-state index in [1.165, 1.54) is 32.8 Å². The van der Waals surface area contributed by atoms with E-state index in [4.69, 9.17) is 4.74 Å². The Balaban J connectivity index is 2.44. The maximum absolute atomic E-state index is 11.5. The van der Waals surface area contributed by atoms with Crippen LogP contribution in [0.1, 0.15) is 46.5 Å². The van der Waals surface area contributed by atoms with Crippen LogP contribution in [0.2, 0.25) is 0 Å². The van der Waals surface area contributed by atoms with Crippen LogP contribution in [-0.4, -0.2) is 25.2 Å². The molecule has 0 aromatic rings. The summed E-state index contributed by atoms with van der Waals surface area (Å²) >= 11 is 0. The predicted molar refractivity (Wildman–Crippen MR) is 60.7 cm³/mol. The second kappa shape index (κ2) is 4.52. The molecular formula is C12H23NO2. The highest BCUT2D eigenvalue weighted by molar-refractivity contribution is 5.76. The first-order valence-corrected chi connectivity index (χ1v) is 5.73. The molecule has 0 bridgehead atoms. The molecule has 1 N–H and O–H groups in total. The lowest BCUT2D eigenvalue weighted by Crippen LogP contribution is -2.47. The number of hydrogen-bond acceptors (Lipinski definition) is 3. The summed E-state index contributed by atoms with van der Waals surface area (Å²) in [6.45, 7) is 6.78. The molecule has 0 radical (unpaired) electrons. The summed E-state index contributed by atoms with van der Waals surface area (Å²) < 4.78 is 4.78. The van der Waals surface area contributed by atoms with Gasteiger partial charge >= 0.3 is 5.97 Å². The highest BCUT2D eigenvalue weighted by atomic mass is 16.5. The maximum atomic E-state index is 11.5. The monoisotopic (exact) mass is 213 g/mol. The van der Waals surface area contributed by atoms with Gasteiger partial charge in [0.25, 0.3) is 0 Å². The minimum atomic E-state index is -0.430. The zero-order chi connectivity index (χ0) is 11.5. The van der Waals surface area contributed by atoms with Gasteiger partial charge in [-0.1, -0.05) is 12.8 Å². The summed E-state index contributed by atoms with van der Waals surface area (Å²) in [7, 11) is 1.45. The van der Waals surface area contributed by atoms with E-state index >= 15 is 0 Å². The fraction of sp³-hybridized carbons (Fsp3) is 0.917. The van der Waals surface area contributed by atoms with Gasteiger partial charge in [-0.3, -0.25) is 4.79 Å². The molecule has 0 atom stereocenters. The average molecular weight is 213 g/mol. The second-order valence-corrected chi connectivity index (χ2v) is 5.50. The minimum absolute atomic E-state index is 0.142. The maximum Gasteiger partial charge on any atom is 0.312 e. The lowest BCUT2D eigenvalue weighted by molar-refractivity contribution is -0.150. The number of rotatable bonds is 4. The summed E-state index contributed by atoms with van der Waals surface area (Å²) in [6.07, 6.45) is 5.01. The van der Waals surface area contributed by atoms with Gasteiger partial charge in [0.05, 0.1) is 12.5 Å². The Labute approximate surface area is 92.6 Å². The molecule has 0 amide bonds. The predicted octanol–water partition coefficient (Wildman–Crippen LogP) is 2.11. The molecule has 0 saturated heterocycles. The molecule has 0 aliphatic heterocycles. The Hall–Kier alpha value is -0.570. The van der Waals surface area contributed by atoms with Crippen LogP contribution < -0.4 is 5.32 Å². The van der Waals surface area contributed by atoms with E-state index in [2.05, 4.69) is 12.2 Å². The first-order valence-electron chi connectivity index (χ1n) is 5.73. The number of methoxy groups -OCH3 is 1. The van der Waals surface area contributed by atoms with Gasteiger partial charge < -0.3 is 10.1 Å². The summed E-state index contributed by atoms with van der Waals surface area (Å²) in [4.78, 5) is 11.5. The Bertz CT molecular complexity index is 230. The van der Waals surface area contributed by atoms with E-state index < -0.39 is 5.41 Å². The number of hydrogen-bond donors (Lipinski definition) is 1. The van der Waals surface area contributed by atoms with Gasteiger partial charge in [0.2, 0.25) is 0 Å². The first kappa shape index (κ1) is 12.5. The van der Waals surface area contributed by atoms with Crippen molar-refractivity contribution in [3.63, 3.8) is 0 Å². The SMILES string of the molecule is COC(=O)C(C)(C)CNC1(C)CCCC1. The molecule has 15 heavy (non-hydrogen) atoms. The fourth-order valence-electron chi connectivity index (χ4n) is 2.11. The van der Waals surface area contributed by atoms with Crippen LogP contribution in [0.5, 0.6) is 0 Å². The van der Waals surface area contributed by atoms with Crippen molar-refractivity contribution in [1.29, 1.82) is 0 Å². The topological polar surface area (TPSA) is 38.3 Å². The van der Waals surface area contributed by atoms with E-state index in [9.17, 15) is 4.79 Å². The molecule has 1 aliphatic rings. The van der Waals surface area contributed by atoms with Gasteiger partial charge in [-0.25, -0.2) is 0 Å². The van der Waals surface area contributed by atoms with Gasteiger partial charge in [-0.2, -0.15) is 0 Å². The van der Waals surface area contributed by atoms with Crippen LogP contribution in [-0.2, 0) is 9.53 Å². The Morgan fingerprint density at radius 2 is 1.93 bits per heavy atom. The zero-order valence-electron chi connectivity index (χ0n) is 10.4. The minimum Gasteiger partial charge on any atom is -0.469 e. The van der Waals surface area contributed by atoms with Crippen molar-refractivity contribution in [3.05, 3.63) is 0 Å². The van der Waals surface area contributed by atoms with E-state index in [0.29, 0.717) is 6.54 Å². The number of ether oxygens (including phenoxy) is 1. The molecule has 1 rings (SSSR count). The van der Waals surface area contributed by atoms with Crippen molar-refractivity contribution in [1.82, 2.24) is 5.32 Å². The molecule has 0 spiro atoms. The van der Waals surface area contributed by atoms with Crippen LogP contribution in [0.3, 0.4) is 0 Å². The third-order valence-corrected chi connectivity index (χ3v) is 3.40. The summed E-state index contributed by atoms with van der Waals surface area (Å²) in [5.74, 6) is -0.142. The molecule has 0 unspecified atom stereocenters. The third-order valence-electron chi connectivity index (χ3n) is 3.40.